The molecule has 0 radical (unpaired) electrons. The van der Waals surface area contributed by atoms with Crippen LogP contribution in [0.2, 0.25) is 0 Å². The molecule has 2 aromatic rings. The molecule has 0 amide bonds. The van der Waals surface area contributed by atoms with Crippen LogP contribution in [-0.4, -0.2) is 12.9 Å². The van der Waals surface area contributed by atoms with E-state index in [-0.39, 0.29) is 11.2 Å². The van der Waals surface area contributed by atoms with E-state index in [1.165, 1.54) is 16.7 Å². The van der Waals surface area contributed by atoms with Crippen LogP contribution in [0, 0.1) is 0 Å². The third kappa shape index (κ3) is 1.36. The maximum Gasteiger partial charge on any atom is 0.164 e. The second kappa shape index (κ2) is 3.95. The van der Waals surface area contributed by atoms with E-state index in [4.69, 9.17) is 4.74 Å². The molecule has 1 spiro atoms. The van der Waals surface area contributed by atoms with E-state index in [9.17, 15) is 4.79 Å². The van der Waals surface area contributed by atoms with Crippen LogP contribution in [-0.2, 0) is 11.8 Å². The summed E-state index contributed by atoms with van der Waals surface area (Å²) in [5.41, 5.74) is 4.69. The van der Waals surface area contributed by atoms with Crippen molar-refractivity contribution < 1.29 is 9.53 Å². The number of ketones is 1. The van der Waals surface area contributed by atoms with Gasteiger partial charge < -0.3 is 4.74 Å². The highest BCUT2D eigenvalue weighted by molar-refractivity contribution is 6.03. The van der Waals surface area contributed by atoms with E-state index in [0.717, 1.165) is 24.2 Å². The average Bonchev–Trinajstić information content (AvgIpc) is 2.99. The lowest BCUT2D eigenvalue weighted by molar-refractivity contribution is 0.0979. The van der Waals surface area contributed by atoms with Gasteiger partial charge in [-0.05, 0) is 41.7 Å². The van der Waals surface area contributed by atoms with Crippen LogP contribution in [0.5, 0.6) is 5.75 Å². The fraction of sp³-hybridized carbons (Fsp3) is 0.278. The first-order valence-electron chi connectivity index (χ1n) is 7.05. The minimum absolute atomic E-state index is 0.0880. The van der Waals surface area contributed by atoms with Gasteiger partial charge in [-0.25, -0.2) is 0 Å². The predicted octanol–water partition coefficient (Wildman–Crippen LogP) is 3.51. The summed E-state index contributed by atoms with van der Waals surface area (Å²) >= 11 is 0. The van der Waals surface area contributed by atoms with Crippen molar-refractivity contribution in [2.75, 3.05) is 7.11 Å². The number of Topliss-reactive ketones (excluding diaryl/α,β-unsaturated/α-hetero) is 1. The van der Waals surface area contributed by atoms with E-state index in [2.05, 4.69) is 18.2 Å². The predicted molar refractivity (Wildman–Crippen MR) is 77.5 cm³/mol. The Hall–Kier alpha value is -2.09. The fourth-order valence-corrected chi connectivity index (χ4v) is 3.92. The molecule has 2 aliphatic rings. The molecule has 4 rings (SSSR count). The van der Waals surface area contributed by atoms with E-state index in [0.29, 0.717) is 6.42 Å². The SMILES string of the molecule is COc1ccc2c(c1)CCC21CC(=O)c2ccccc21. The molecule has 0 N–H and O–H groups in total. The topological polar surface area (TPSA) is 26.3 Å². The number of methoxy groups -OCH3 is 1. The zero-order chi connectivity index (χ0) is 13.7. The van der Waals surface area contributed by atoms with Crippen molar-refractivity contribution in [2.45, 2.75) is 24.7 Å². The Morgan fingerprint density at radius 1 is 1.10 bits per heavy atom. The maximum absolute atomic E-state index is 12.3. The lowest BCUT2D eigenvalue weighted by Crippen LogP contribution is -2.21. The quantitative estimate of drug-likeness (QED) is 0.787. The van der Waals surface area contributed by atoms with Crippen molar-refractivity contribution in [3.63, 3.8) is 0 Å². The van der Waals surface area contributed by atoms with Crippen LogP contribution in [0.3, 0.4) is 0 Å². The molecule has 0 aliphatic heterocycles. The summed E-state index contributed by atoms with van der Waals surface area (Å²) in [6, 6.07) is 14.4. The van der Waals surface area contributed by atoms with Gasteiger partial charge in [-0.1, -0.05) is 30.3 Å². The molecule has 20 heavy (non-hydrogen) atoms. The number of hydrogen-bond acceptors (Lipinski definition) is 2. The Morgan fingerprint density at radius 2 is 1.95 bits per heavy atom. The molecule has 1 atom stereocenters. The van der Waals surface area contributed by atoms with Crippen LogP contribution >= 0.6 is 0 Å². The fourth-order valence-electron chi connectivity index (χ4n) is 3.92. The third-order valence-corrected chi connectivity index (χ3v) is 4.85. The lowest BCUT2D eigenvalue weighted by atomic mass is 9.77. The maximum atomic E-state index is 12.3. The van der Waals surface area contributed by atoms with Gasteiger partial charge in [0.25, 0.3) is 0 Å². The molecule has 0 aromatic heterocycles. The van der Waals surface area contributed by atoms with Gasteiger partial charge in [0.15, 0.2) is 5.78 Å². The van der Waals surface area contributed by atoms with Gasteiger partial charge in [0.2, 0.25) is 0 Å². The van der Waals surface area contributed by atoms with Crippen LogP contribution in [0.25, 0.3) is 0 Å². The summed E-state index contributed by atoms with van der Waals surface area (Å²) in [7, 11) is 1.70. The molecule has 2 nitrogen and oxygen atoms in total. The number of carbonyl (C=O) groups excluding carboxylic acids is 1. The average molecular weight is 264 g/mol. The second-order valence-corrected chi connectivity index (χ2v) is 5.75. The molecule has 2 aliphatic carbocycles. The van der Waals surface area contributed by atoms with E-state index < -0.39 is 0 Å². The van der Waals surface area contributed by atoms with Crippen molar-refractivity contribution in [3.8, 4) is 5.75 Å². The van der Waals surface area contributed by atoms with Crippen molar-refractivity contribution in [1.82, 2.24) is 0 Å². The third-order valence-electron chi connectivity index (χ3n) is 4.85. The summed E-state index contributed by atoms with van der Waals surface area (Å²) in [5, 5.41) is 0. The molecule has 0 saturated heterocycles. The lowest BCUT2D eigenvalue weighted by Gasteiger charge is -2.25. The van der Waals surface area contributed by atoms with Gasteiger partial charge >= 0.3 is 0 Å². The number of hydrogen-bond donors (Lipinski definition) is 0. The van der Waals surface area contributed by atoms with Gasteiger partial charge in [-0.2, -0.15) is 0 Å². The monoisotopic (exact) mass is 264 g/mol. The number of rotatable bonds is 1. The smallest absolute Gasteiger partial charge is 0.164 e. The zero-order valence-corrected chi connectivity index (χ0v) is 11.5. The number of benzene rings is 2. The molecule has 0 saturated carbocycles. The normalized spacial score (nSPS) is 22.9. The first-order valence-corrected chi connectivity index (χ1v) is 7.05. The van der Waals surface area contributed by atoms with Crippen molar-refractivity contribution in [1.29, 1.82) is 0 Å². The molecule has 1 unspecified atom stereocenters. The van der Waals surface area contributed by atoms with Gasteiger partial charge in [0.05, 0.1) is 7.11 Å². The van der Waals surface area contributed by atoms with Gasteiger partial charge in [0, 0.05) is 17.4 Å². The number of aryl methyl sites for hydroxylation is 1. The largest absolute Gasteiger partial charge is 0.497 e. The second-order valence-electron chi connectivity index (χ2n) is 5.75. The van der Waals surface area contributed by atoms with E-state index in [1.54, 1.807) is 7.11 Å². The minimum atomic E-state index is -0.0880. The Kier molecular flexibility index (Phi) is 2.31. The Bertz CT molecular complexity index is 717. The first kappa shape index (κ1) is 11.7. The van der Waals surface area contributed by atoms with Crippen molar-refractivity contribution in [3.05, 3.63) is 64.7 Å². The summed E-state index contributed by atoms with van der Waals surface area (Å²) in [5.74, 6) is 1.18. The Labute approximate surface area is 118 Å². The van der Waals surface area contributed by atoms with Crippen molar-refractivity contribution >= 4 is 5.78 Å². The number of fused-ring (bicyclic) bond motifs is 4. The van der Waals surface area contributed by atoms with Gasteiger partial charge in [-0.15, -0.1) is 0 Å². The van der Waals surface area contributed by atoms with Crippen LogP contribution in [0.15, 0.2) is 42.5 Å². The first-order chi connectivity index (χ1) is 9.74. The van der Waals surface area contributed by atoms with Crippen LogP contribution in [0.4, 0.5) is 0 Å². The number of ether oxygens (including phenoxy) is 1. The standard InChI is InChI=1S/C18H16O2/c1-20-13-6-7-15-12(10-13)8-9-18(15)11-17(19)14-4-2-3-5-16(14)18/h2-7,10H,8-9,11H2,1H3. The van der Waals surface area contributed by atoms with Gasteiger partial charge in [0.1, 0.15) is 5.75 Å². The number of carbonyl (C=O) groups is 1. The highest BCUT2D eigenvalue weighted by Crippen LogP contribution is 2.52. The molecule has 2 aromatic carbocycles. The summed E-state index contributed by atoms with van der Waals surface area (Å²) in [4.78, 5) is 12.3. The molecule has 0 fully saturated rings. The Balaban J connectivity index is 1.93. The summed E-state index contributed by atoms with van der Waals surface area (Å²) in [6.45, 7) is 0. The minimum Gasteiger partial charge on any atom is -0.497 e. The highest BCUT2D eigenvalue weighted by atomic mass is 16.5. The Morgan fingerprint density at radius 3 is 2.80 bits per heavy atom. The molecule has 100 valence electrons. The van der Waals surface area contributed by atoms with E-state index in [1.807, 2.05) is 24.3 Å². The van der Waals surface area contributed by atoms with E-state index >= 15 is 0 Å². The molecular formula is C18H16O2. The summed E-state index contributed by atoms with van der Waals surface area (Å²) in [6.07, 6.45) is 2.66. The molecule has 2 heteroatoms. The van der Waals surface area contributed by atoms with Crippen LogP contribution in [0.1, 0.15) is 39.9 Å². The molecule has 0 bridgehead atoms. The van der Waals surface area contributed by atoms with Crippen molar-refractivity contribution in [2.24, 2.45) is 0 Å². The van der Waals surface area contributed by atoms with Crippen LogP contribution < -0.4 is 4.74 Å². The molecular weight excluding hydrogens is 248 g/mol. The zero-order valence-electron chi connectivity index (χ0n) is 11.5. The summed E-state index contributed by atoms with van der Waals surface area (Å²) < 4.78 is 5.31. The highest BCUT2D eigenvalue weighted by Gasteiger charge is 2.48. The molecule has 0 heterocycles. The van der Waals surface area contributed by atoms with Gasteiger partial charge in [-0.3, -0.25) is 4.79 Å².